The Bertz CT molecular complexity index is 1260. The van der Waals surface area contributed by atoms with Gasteiger partial charge < -0.3 is 5.32 Å². The van der Waals surface area contributed by atoms with Crippen molar-refractivity contribution in [3.8, 4) is 11.3 Å². The van der Waals surface area contributed by atoms with Crippen molar-refractivity contribution in [1.29, 1.82) is 0 Å². The number of carbonyl (C=O) groups is 2. The van der Waals surface area contributed by atoms with Crippen LogP contribution in [-0.2, 0) is 4.79 Å². The number of anilines is 2. The predicted molar refractivity (Wildman–Crippen MR) is 126 cm³/mol. The van der Waals surface area contributed by atoms with Crippen molar-refractivity contribution in [2.24, 2.45) is 0 Å². The third-order valence-corrected chi connectivity index (χ3v) is 5.56. The molecule has 0 saturated heterocycles. The van der Waals surface area contributed by atoms with Crippen molar-refractivity contribution in [1.82, 2.24) is 9.97 Å². The lowest BCUT2D eigenvalue weighted by Crippen LogP contribution is -2.13. The summed E-state index contributed by atoms with van der Waals surface area (Å²) in [5.41, 5.74) is 4.66. The van der Waals surface area contributed by atoms with Crippen LogP contribution >= 0.6 is 11.3 Å². The van der Waals surface area contributed by atoms with Gasteiger partial charge in [-0.3, -0.25) is 19.9 Å². The minimum absolute atomic E-state index is 0.115. The van der Waals surface area contributed by atoms with Gasteiger partial charge in [-0.05, 0) is 30.2 Å². The fourth-order valence-electron chi connectivity index (χ4n) is 3.24. The number of thiazole rings is 1. The monoisotopic (exact) mass is 430 g/mol. The largest absolute Gasteiger partial charge is 0.326 e. The van der Waals surface area contributed by atoms with Gasteiger partial charge in [0.15, 0.2) is 5.13 Å². The van der Waals surface area contributed by atoms with Crippen LogP contribution in [0, 0.1) is 0 Å². The topological polar surface area (TPSA) is 84.0 Å². The van der Waals surface area contributed by atoms with Crippen LogP contribution in [0.2, 0.25) is 0 Å². The molecule has 0 saturated carbocycles. The van der Waals surface area contributed by atoms with Crippen LogP contribution < -0.4 is 10.6 Å². The van der Waals surface area contributed by atoms with E-state index in [-0.39, 0.29) is 17.7 Å². The second kappa shape index (κ2) is 8.65. The Morgan fingerprint density at radius 2 is 1.71 bits per heavy atom. The zero-order valence-corrected chi connectivity index (χ0v) is 18.3. The molecule has 0 spiro atoms. The molecule has 2 aromatic heterocycles. The minimum atomic E-state index is -0.206. The van der Waals surface area contributed by atoms with E-state index in [0.29, 0.717) is 10.7 Å². The molecule has 2 heterocycles. The van der Waals surface area contributed by atoms with Gasteiger partial charge in [0, 0.05) is 34.6 Å². The third kappa shape index (κ3) is 4.62. The van der Waals surface area contributed by atoms with Gasteiger partial charge in [0.2, 0.25) is 5.91 Å². The highest BCUT2D eigenvalue weighted by atomic mass is 32.1. The first-order valence-electron chi connectivity index (χ1n) is 9.95. The van der Waals surface area contributed by atoms with Crippen LogP contribution in [0.25, 0.3) is 22.2 Å². The van der Waals surface area contributed by atoms with Gasteiger partial charge in [-0.1, -0.05) is 44.2 Å². The van der Waals surface area contributed by atoms with Crippen LogP contribution in [0.3, 0.4) is 0 Å². The second-order valence-electron chi connectivity index (χ2n) is 7.52. The SMILES string of the molecule is CC(=O)Nc1ccc(-c2csc(NC(=O)c3cc(C(C)C)nc4ccccc34)n2)cc1. The Balaban J connectivity index is 1.58. The normalized spacial score (nSPS) is 11.0. The molecule has 0 radical (unpaired) electrons. The van der Waals surface area contributed by atoms with Gasteiger partial charge in [0.1, 0.15) is 0 Å². The average Bonchev–Trinajstić information content (AvgIpc) is 3.21. The molecule has 0 aliphatic heterocycles. The van der Waals surface area contributed by atoms with Crippen LogP contribution in [0.4, 0.5) is 10.8 Å². The maximum atomic E-state index is 13.1. The lowest BCUT2D eigenvalue weighted by molar-refractivity contribution is -0.114. The number of nitrogens with one attached hydrogen (secondary N) is 2. The molecule has 0 atom stereocenters. The molecule has 6 nitrogen and oxygen atoms in total. The quantitative estimate of drug-likeness (QED) is 0.426. The van der Waals surface area contributed by atoms with Gasteiger partial charge in [-0.15, -0.1) is 11.3 Å². The smallest absolute Gasteiger partial charge is 0.258 e. The summed E-state index contributed by atoms with van der Waals surface area (Å²) in [6.07, 6.45) is 0. The van der Waals surface area contributed by atoms with Crippen molar-refractivity contribution in [2.75, 3.05) is 10.6 Å². The van der Waals surface area contributed by atoms with Gasteiger partial charge in [0.25, 0.3) is 5.91 Å². The summed E-state index contributed by atoms with van der Waals surface area (Å²) in [7, 11) is 0. The number of hydrogen-bond acceptors (Lipinski definition) is 5. The van der Waals surface area contributed by atoms with E-state index < -0.39 is 0 Å². The number of amides is 2. The Kier molecular flexibility index (Phi) is 5.77. The van der Waals surface area contributed by atoms with E-state index in [1.165, 1.54) is 18.3 Å². The van der Waals surface area contributed by atoms with E-state index in [9.17, 15) is 9.59 Å². The molecule has 0 fully saturated rings. The molecule has 0 bridgehead atoms. The van der Waals surface area contributed by atoms with Gasteiger partial charge in [0.05, 0.1) is 16.8 Å². The van der Waals surface area contributed by atoms with Crippen LogP contribution in [0.1, 0.15) is 42.7 Å². The fourth-order valence-corrected chi connectivity index (χ4v) is 3.95. The van der Waals surface area contributed by atoms with E-state index in [1.54, 1.807) is 0 Å². The van der Waals surface area contributed by atoms with E-state index in [0.717, 1.165) is 33.5 Å². The lowest BCUT2D eigenvalue weighted by atomic mass is 10.0. The first kappa shape index (κ1) is 20.7. The summed E-state index contributed by atoms with van der Waals surface area (Å²) >= 11 is 1.37. The molecule has 0 unspecified atom stereocenters. The van der Waals surface area contributed by atoms with Gasteiger partial charge >= 0.3 is 0 Å². The summed E-state index contributed by atoms with van der Waals surface area (Å²) in [6.45, 7) is 5.59. The standard InChI is InChI=1S/C24H22N4O2S/c1-14(2)21-12-19(18-6-4-5-7-20(18)26-21)23(30)28-24-27-22(13-31-24)16-8-10-17(11-9-16)25-15(3)29/h4-14H,1-3H3,(H,25,29)(H,27,28,30). The van der Waals surface area contributed by atoms with Gasteiger partial charge in [-0.2, -0.15) is 0 Å². The summed E-state index contributed by atoms with van der Waals surface area (Å²) in [5, 5.41) is 8.91. The fraction of sp³-hybridized carbons (Fsp3) is 0.167. The van der Waals surface area contributed by atoms with Crippen molar-refractivity contribution >= 4 is 44.9 Å². The number of aromatic nitrogens is 2. The first-order chi connectivity index (χ1) is 14.9. The number of benzene rings is 2. The Hall–Kier alpha value is -3.58. The van der Waals surface area contributed by atoms with E-state index in [4.69, 9.17) is 0 Å². The maximum absolute atomic E-state index is 13.1. The van der Waals surface area contributed by atoms with E-state index in [2.05, 4.69) is 34.4 Å². The maximum Gasteiger partial charge on any atom is 0.258 e. The molecule has 2 aromatic carbocycles. The first-order valence-corrected chi connectivity index (χ1v) is 10.8. The number of nitrogens with zero attached hydrogens (tertiary/aromatic N) is 2. The summed E-state index contributed by atoms with van der Waals surface area (Å²) in [5.74, 6) is -0.110. The summed E-state index contributed by atoms with van der Waals surface area (Å²) < 4.78 is 0. The lowest BCUT2D eigenvalue weighted by Gasteiger charge is -2.11. The molecule has 0 aliphatic carbocycles. The summed E-state index contributed by atoms with van der Waals surface area (Å²) in [4.78, 5) is 33.5. The summed E-state index contributed by atoms with van der Waals surface area (Å²) in [6, 6.07) is 16.9. The average molecular weight is 431 g/mol. The van der Waals surface area contributed by atoms with Crippen molar-refractivity contribution in [3.05, 3.63) is 71.2 Å². The molecular weight excluding hydrogens is 408 g/mol. The van der Waals surface area contributed by atoms with Crippen LogP contribution in [0.5, 0.6) is 0 Å². The molecule has 0 aliphatic rings. The predicted octanol–water partition coefficient (Wildman–Crippen LogP) is 5.69. The highest BCUT2D eigenvalue weighted by Crippen LogP contribution is 2.28. The highest BCUT2D eigenvalue weighted by molar-refractivity contribution is 7.14. The Morgan fingerprint density at radius 1 is 0.968 bits per heavy atom. The van der Waals surface area contributed by atoms with Crippen LogP contribution in [-0.4, -0.2) is 21.8 Å². The number of carbonyl (C=O) groups excluding carboxylic acids is 2. The Morgan fingerprint density at radius 3 is 2.42 bits per heavy atom. The number of pyridine rings is 1. The van der Waals surface area contributed by atoms with Crippen molar-refractivity contribution < 1.29 is 9.59 Å². The highest BCUT2D eigenvalue weighted by Gasteiger charge is 2.16. The molecule has 2 N–H and O–H groups in total. The van der Waals surface area contributed by atoms with Gasteiger partial charge in [-0.25, -0.2) is 4.98 Å². The number of fused-ring (bicyclic) bond motifs is 1. The van der Waals surface area contributed by atoms with Crippen LogP contribution in [0.15, 0.2) is 60.0 Å². The molecule has 7 heteroatoms. The minimum Gasteiger partial charge on any atom is -0.326 e. The zero-order valence-electron chi connectivity index (χ0n) is 17.5. The second-order valence-corrected chi connectivity index (χ2v) is 8.38. The molecule has 31 heavy (non-hydrogen) atoms. The zero-order chi connectivity index (χ0) is 22.0. The molecule has 156 valence electrons. The molecular formula is C24H22N4O2S. The number of rotatable bonds is 5. The van der Waals surface area contributed by atoms with Crippen molar-refractivity contribution in [2.45, 2.75) is 26.7 Å². The Labute approximate surface area is 184 Å². The number of hydrogen-bond donors (Lipinski definition) is 2. The van der Waals surface area contributed by atoms with E-state index in [1.807, 2.05) is 60.0 Å². The number of para-hydroxylation sites is 1. The molecule has 2 amide bonds. The van der Waals surface area contributed by atoms with E-state index >= 15 is 0 Å². The third-order valence-electron chi connectivity index (χ3n) is 4.80. The molecule has 4 aromatic rings. The molecule has 4 rings (SSSR count). The van der Waals surface area contributed by atoms with Crippen molar-refractivity contribution in [3.63, 3.8) is 0 Å².